The lowest BCUT2D eigenvalue weighted by molar-refractivity contribution is 0.221. The molecule has 0 saturated carbocycles. The standard InChI is InChI=1S/C13H30N2/c1-12(2)8-7-9-14(5)10-11-15(6)13(3)4/h12-13H,7-11H2,1-6H3. The van der Waals surface area contributed by atoms with E-state index in [-0.39, 0.29) is 0 Å². The third kappa shape index (κ3) is 8.88. The van der Waals surface area contributed by atoms with Gasteiger partial charge in [0.05, 0.1) is 0 Å². The molecule has 0 aromatic rings. The van der Waals surface area contributed by atoms with E-state index >= 15 is 0 Å². The van der Waals surface area contributed by atoms with Crippen molar-refractivity contribution in [3.63, 3.8) is 0 Å². The molecule has 15 heavy (non-hydrogen) atoms. The predicted octanol–water partition coefficient (Wildman–Crippen LogP) is 2.69. The van der Waals surface area contributed by atoms with Gasteiger partial charge in [-0.25, -0.2) is 0 Å². The summed E-state index contributed by atoms with van der Waals surface area (Å²) in [6, 6.07) is 0.661. The van der Waals surface area contributed by atoms with E-state index in [1.165, 1.54) is 32.5 Å². The van der Waals surface area contributed by atoms with Gasteiger partial charge in [-0.05, 0) is 53.2 Å². The quantitative estimate of drug-likeness (QED) is 0.613. The molecule has 0 aromatic carbocycles. The van der Waals surface area contributed by atoms with Gasteiger partial charge in [-0.1, -0.05) is 13.8 Å². The van der Waals surface area contributed by atoms with E-state index in [1.807, 2.05) is 0 Å². The van der Waals surface area contributed by atoms with Crippen LogP contribution < -0.4 is 0 Å². The van der Waals surface area contributed by atoms with Gasteiger partial charge in [-0.3, -0.25) is 0 Å². The van der Waals surface area contributed by atoms with Gasteiger partial charge >= 0.3 is 0 Å². The molecule has 0 aliphatic rings. The van der Waals surface area contributed by atoms with Crippen LogP contribution in [-0.4, -0.2) is 49.6 Å². The zero-order chi connectivity index (χ0) is 11.8. The van der Waals surface area contributed by atoms with Crippen molar-refractivity contribution in [1.82, 2.24) is 9.80 Å². The Balaban J connectivity index is 3.44. The second-order valence-electron chi connectivity index (χ2n) is 5.41. The van der Waals surface area contributed by atoms with Crippen molar-refractivity contribution < 1.29 is 0 Å². The summed E-state index contributed by atoms with van der Waals surface area (Å²) in [5.41, 5.74) is 0. The van der Waals surface area contributed by atoms with E-state index < -0.39 is 0 Å². The highest BCUT2D eigenvalue weighted by atomic mass is 15.2. The molecule has 0 aromatic heterocycles. The van der Waals surface area contributed by atoms with E-state index in [0.29, 0.717) is 6.04 Å². The Hall–Kier alpha value is -0.0800. The van der Waals surface area contributed by atoms with Crippen LogP contribution in [0, 0.1) is 5.92 Å². The van der Waals surface area contributed by atoms with Gasteiger partial charge in [0.25, 0.3) is 0 Å². The lowest BCUT2D eigenvalue weighted by atomic mass is 10.1. The van der Waals surface area contributed by atoms with Crippen LogP contribution in [0.1, 0.15) is 40.5 Å². The third-order valence-electron chi connectivity index (χ3n) is 3.04. The highest BCUT2D eigenvalue weighted by Crippen LogP contribution is 2.04. The topological polar surface area (TPSA) is 6.48 Å². The van der Waals surface area contributed by atoms with E-state index in [4.69, 9.17) is 0 Å². The van der Waals surface area contributed by atoms with Crippen molar-refractivity contribution in [3.8, 4) is 0 Å². The fourth-order valence-electron chi connectivity index (χ4n) is 1.47. The van der Waals surface area contributed by atoms with Gasteiger partial charge in [0.2, 0.25) is 0 Å². The van der Waals surface area contributed by atoms with Crippen molar-refractivity contribution in [2.24, 2.45) is 5.92 Å². The van der Waals surface area contributed by atoms with Crippen molar-refractivity contribution in [2.75, 3.05) is 33.7 Å². The van der Waals surface area contributed by atoms with Gasteiger partial charge in [-0.15, -0.1) is 0 Å². The fraction of sp³-hybridized carbons (Fsp3) is 1.00. The van der Waals surface area contributed by atoms with E-state index in [1.54, 1.807) is 0 Å². The Labute approximate surface area is 96.6 Å². The molecule has 0 N–H and O–H groups in total. The molecular formula is C13H30N2. The summed E-state index contributed by atoms with van der Waals surface area (Å²) in [7, 11) is 4.43. The van der Waals surface area contributed by atoms with Crippen LogP contribution in [0.2, 0.25) is 0 Å². The molecule has 0 unspecified atom stereocenters. The third-order valence-corrected chi connectivity index (χ3v) is 3.04. The van der Waals surface area contributed by atoms with E-state index in [0.717, 1.165) is 5.92 Å². The summed E-state index contributed by atoms with van der Waals surface area (Å²) in [6.45, 7) is 12.7. The first-order valence-corrected chi connectivity index (χ1v) is 6.32. The SMILES string of the molecule is CC(C)CCCN(C)CCN(C)C(C)C. The molecule has 0 bridgehead atoms. The average Bonchev–Trinajstić information content (AvgIpc) is 2.13. The first kappa shape index (κ1) is 14.9. The highest BCUT2D eigenvalue weighted by Gasteiger charge is 2.05. The Morgan fingerprint density at radius 1 is 0.867 bits per heavy atom. The van der Waals surface area contributed by atoms with Crippen LogP contribution in [0.3, 0.4) is 0 Å². The summed E-state index contributed by atoms with van der Waals surface area (Å²) in [5.74, 6) is 0.844. The van der Waals surface area contributed by atoms with Crippen molar-refractivity contribution in [2.45, 2.75) is 46.6 Å². The zero-order valence-corrected chi connectivity index (χ0v) is 11.6. The average molecular weight is 214 g/mol. The van der Waals surface area contributed by atoms with Gasteiger partial charge in [0, 0.05) is 19.1 Å². The van der Waals surface area contributed by atoms with Crippen molar-refractivity contribution >= 4 is 0 Å². The molecular weight excluding hydrogens is 184 g/mol. The number of hydrogen-bond donors (Lipinski definition) is 0. The molecule has 0 rings (SSSR count). The van der Waals surface area contributed by atoms with Gasteiger partial charge in [-0.2, -0.15) is 0 Å². The zero-order valence-electron chi connectivity index (χ0n) is 11.6. The van der Waals surface area contributed by atoms with Crippen LogP contribution in [0.25, 0.3) is 0 Å². The van der Waals surface area contributed by atoms with E-state index in [2.05, 4.69) is 51.6 Å². The lowest BCUT2D eigenvalue weighted by Crippen LogP contribution is -2.35. The summed E-state index contributed by atoms with van der Waals surface area (Å²) in [4.78, 5) is 4.85. The molecule has 0 heterocycles. The van der Waals surface area contributed by atoms with Crippen LogP contribution in [0.15, 0.2) is 0 Å². The Morgan fingerprint density at radius 3 is 1.93 bits per heavy atom. The number of nitrogens with zero attached hydrogens (tertiary/aromatic N) is 2. The minimum absolute atomic E-state index is 0.661. The van der Waals surface area contributed by atoms with Crippen LogP contribution in [-0.2, 0) is 0 Å². The van der Waals surface area contributed by atoms with Crippen LogP contribution in [0.4, 0.5) is 0 Å². The highest BCUT2D eigenvalue weighted by molar-refractivity contribution is 4.60. The summed E-state index contributed by atoms with van der Waals surface area (Å²) >= 11 is 0. The number of rotatable bonds is 8. The monoisotopic (exact) mass is 214 g/mol. The molecule has 0 aliphatic heterocycles. The second kappa shape index (κ2) is 8.12. The second-order valence-corrected chi connectivity index (χ2v) is 5.41. The Morgan fingerprint density at radius 2 is 1.47 bits per heavy atom. The van der Waals surface area contributed by atoms with Gasteiger partial charge < -0.3 is 9.80 Å². The molecule has 0 atom stereocenters. The molecule has 0 spiro atoms. The minimum Gasteiger partial charge on any atom is -0.305 e. The molecule has 0 saturated heterocycles. The van der Waals surface area contributed by atoms with Crippen LogP contribution in [0.5, 0.6) is 0 Å². The van der Waals surface area contributed by atoms with Crippen molar-refractivity contribution in [3.05, 3.63) is 0 Å². The first-order valence-electron chi connectivity index (χ1n) is 6.32. The number of hydrogen-bond acceptors (Lipinski definition) is 2. The van der Waals surface area contributed by atoms with Crippen LogP contribution >= 0.6 is 0 Å². The maximum atomic E-state index is 2.45. The molecule has 0 radical (unpaired) electrons. The number of likely N-dealkylation sites (N-methyl/N-ethyl adjacent to an activating group) is 2. The summed E-state index contributed by atoms with van der Waals surface area (Å²) < 4.78 is 0. The molecule has 0 aliphatic carbocycles. The maximum Gasteiger partial charge on any atom is 0.0109 e. The molecule has 2 heteroatoms. The van der Waals surface area contributed by atoms with Gasteiger partial charge in [0.1, 0.15) is 0 Å². The Kier molecular flexibility index (Phi) is 8.07. The predicted molar refractivity (Wildman–Crippen MR) is 69.3 cm³/mol. The lowest BCUT2D eigenvalue weighted by Gasteiger charge is -2.24. The molecule has 2 nitrogen and oxygen atoms in total. The van der Waals surface area contributed by atoms with Gasteiger partial charge in [0.15, 0.2) is 0 Å². The molecule has 0 amide bonds. The first-order chi connectivity index (χ1) is 6.93. The molecule has 92 valence electrons. The summed E-state index contributed by atoms with van der Waals surface area (Å²) in [6.07, 6.45) is 2.68. The fourth-order valence-corrected chi connectivity index (χ4v) is 1.47. The Bertz CT molecular complexity index is 143. The largest absolute Gasteiger partial charge is 0.305 e. The maximum absolute atomic E-state index is 2.45. The smallest absolute Gasteiger partial charge is 0.0109 e. The normalized spacial score (nSPS) is 12.4. The van der Waals surface area contributed by atoms with E-state index in [9.17, 15) is 0 Å². The summed E-state index contributed by atoms with van der Waals surface area (Å²) in [5, 5.41) is 0. The molecule has 0 fully saturated rings. The van der Waals surface area contributed by atoms with Crippen molar-refractivity contribution in [1.29, 1.82) is 0 Å². The minimum atomic E-state index is 0.661.